The van der Waals surface area contributed by atoms with Gasteiger partial charge in [-0.2, -0.15) is 11.8 Å². The summed E-state index contributed by atoms with van der Waals surface area (Å²) in [6.07, 6.45) is -0.540. The Morgan fingerprint density at radius 3 is 2.00 bits per heavy atom. The van der Waals surface area contributed by atoms with Gasteiger partial charge in [-0.1, -0.05) is 27.7 Å². The fraction of sp³-hybridized carbons (Fsp3) is 0.800. The molecular formula is C15H27NO5S. The largest absolute Gasteiger partial charge is 0.462 e. The van der Waals surface area contributed by atoms with Crippen molar-refractivity contribution in [1.29, 1.82) is 0 Å². The molecule has 0 rings (SSSR count). The Labute approximate surface area is 136 Å². The topological polar surface area (TPSA) is 95.7 Å². The number of carbonyl (C=O) groups is 3. The van der Waals surface area contributed by atoms with E-state index in [-0.39, 0.29) is 36.2 Å². The predicted octanol–water partition coefficient (Wildman–Crippen LogP) is 1.40. The van der Waals surface area contributed by atoms with Crippen LogP contribution in [0.15, 0.2) is 0 Å². The van der Waals surface area contributed by atoms with E-state index >= 15 is 0 Å². The van der Waals surface area contributed by atoms with Gasteiger partial charge in [0.15, 0.2) is 0 Å². The first kappa shape index (κ1) is 20.9. The molecule has 0 bridgehead atoms. The number of thioether (sulfide) groups is 1. The van der Waals surface area contributed by atoms with Crippen molar-refractivity contribution < 1.29 is 23.9 Å². The van der Waals surface area contributed by atoms with Crippen LogP contribution in [0.1, 0.15) is 34.6 Å². The first-order valence-electron chi connectivity index (χ1n) is 7.36. The molecule has 0 aromatic rings. The van der Waals surface area contributed by atoms with Gasteiger partial charge in [-0.15, -0.1) is 0 Å². The quantitative estimate of drug-likeness (QED) is 0.604. The molecule has 6 nitrogen and oxygen atoms in total. The third-order valence-electron chi connectivity index (χ3n) is 2.76. The minimum Gasteiger partial charge on any atom is -0.462 e. The second-order valence-corrected chi connectivity index (χ2v) is 6.83. The van der Waals surface area contributed by atoms with Crippen molar-refractivity contribution in [1.82, 2.24) is 0 Å². The second-order valence-electron chi connectivity index (χ2n) is 5.75. The lowest BCUT2D eigenvalue weighted by Crippen LogP contribution is -2.33. The van der Waals surface area contributed by atoms with E-state index in [1.54, 1.807) is 27.7 Å². The van der Waals surface area contributed by atoms with Crippen LogP contribution in [-0.4, -0.2) is 48.0 Å². The van der Waals surface area contributed by atoms with Crippen LogP contribution in [0.3, 0.4) is 0 Å². The maximum absolute atomic E-state index is 11.7. The summed E-state index contributed by atoms with van der Waals surface area (Å²) < 4.78 is 10.4. The molecule has 0 spiro atoms. The molecule has 0 saturated carbocycles. The Morgan fingerprint density at radius 1 is 1.00 bits per heavy atom. The fourth-order valence-electron chi connectivity index (χ4n) is 1.20. The van der Waals surface area contributed by atoms with Crippen LogP contribution >= 0.6 is 11.8 Å². The van der Waals surface area contributed by atoms with Gasteiger partial charge in [0.05, 0.1) is 17.9 Å². The zero-order valence-electron chi connectivity index (χ0n) is 14.0. The molecule has 2 atom stereocenters. The highest BCUT2D eigenvalue weighted by Crippen LogP contribution is 2.11. The summed E-state index contributed by atoms with van der Waals surface area (Å²) >= 11 is 1.40. The lowest BCUT2D eigenvalue weighted by molar-refractivity contribution is -0.161. The molecule has 22 heavy (non-hydrogen) atoms. The molecule has 128 valence electrons. The molecule has 0 radical (unpaired) electrons. The highest BCUT2D eigenvalue weighted by atomic mass is 32.2. The first-order valence-corrected chi connectivity index (χ1v) is 8.51. The third-order valence-corrected chi connectivity index (χ3v) is 3.96. The Balaban J connectivity index is 4.42. The summed E-state index contributed by atoms with van der Waals surface area (Å²) in [5.41, 5.74) is 5.65. The summed E-state index contributed by atoms with van der Waals surface area (Å²) in [5.74, 6) is -0.408. The minimum absolute atomic E-state index is 0.0117. The predicted molar refractivity (Wildman–Crippen MR) is 86.5 cm³/mol. The number of hydrogen-bond acceptors (Lipinski definition) is 7. The molecule has 2 N–H and O–H groups in total. The number of ketones is 1. The van der Waals surface area contributed by atoms with Crippen molar-refractivity contribution in [2.45, 2.75) is 46.8 Å². The molecule has 0 amide bonds. The van der Waals surface area contributed by atoms with Crippen LogP contribution in [0.4, 0.5) is 0 Å². The average Bonchev–Trinajstić information content (AvgIpc) is 2.43. The van der Waals surface area contributed by atoms with Gasteiger partial charge >= 0.3 is 11.9 Å². The van der Waals surface area contributed by atoms with Gasteiger partial charge < -0.3 is 15.2 Å². The molecule has 0 aliphatic heterocycles. The number of Topliss-reactive ketones (excluding diaryl/α,β-unsaturated/α-hetero) is 1. The molecule has 7 heteroatoms. The molecule has 2 unspecified atom stereocenters. The van der Waals surface area contributed by atoms with Crippen LogP contribution in [0.2, 0.25) is 0 Å². The van der Waals surface area contributed by atoms with Gasteiger partial charge in [0, 0.05) is 11.5 Å². The minimum atomic E-state index is -0.540. The lowest BCUT2D eigenvalue weighted by Gasteiger charge is -2.20. The third kappa shape index (κ3) is 9.04. The Hall–Kier alpha value is -1.08. The molecule has 0 fully saturated rings. The van der Waals surface area contributed by atoms with Crippen LogP contribution in [0.25, 0.3) is 0 Å². The zero-order chi connectivity index (χ0) is 17.3. The van der Waals surface area contributed by atoms with E-state index < -0.39 is 12.1 Å². The number of hydrogen-bond donors (Lipinski definition) is 1. The fourth-order valence-corrected chi connectivity index (χ4v) is 2.25. The summed E-state index contributed by atoms with van der Waals surface area (Å²) in [7, 11) is 0. The monoisotopic (exact) mass is 333 g/mol. The van der Waals surface area contributed by atoms with Crippen molar-refractivity contribution in [2.75, 3.05) is 18.1 Å². The van der Waals surface area contributed by atoms with Crippen LogP contribution in [-0.2, 0) is 23.9 Å². The zero-order valence-corrected chi connectivity index (χ0v) is 14.8. The summed E-state index contributed by atoms with van der Waals surface area (Å²) in [6.45, 7) is 8.39. The number of esters is 2. The number of carbonyl (C=O) groups excluding carboxylic acids is 3. The van der Waals surface area contributed by atoms with E-state index in [0.29, 0.717) is 11.5 Å². The lowest BCUT2D eigenvalue weighted by atomic mass is 10.2. The van der Waals surface area contributed by atoms with Gasteiger partial charge in [0.1, 0.15) is 18.5 Å². The van der Waals surface area contributed by atoms with Gasteiger partial charge in [-0.05, 0) is 6.92 Å². The summed E-state index contributed by atoms with van der Waals surface area (Å²) in [4.78, 5) is 34.3. The second kappa shape index (κ2) is 10.6. The number of nitrogens with two attached hydrogens (primary N) is 1. The van der Waals surface area contributed by atoms with Crippen molar-refractivity contribution in [3.05, 3.63) is 0 Å². The number of rotatable bonds is 10. The van der Waals surface area contributed by atoms with Gasteiger partial charge in [-0.25, -0.2) is 0 Å². The van der Waals surface area contributed by atoms with E-state index in [9.17, 15) is 14.4 Å². The average molecular weight is 333 g/mol. The highest BCUT2D eigenvalue weighted by molar-refractivity contribution is 7.99. The van der Waals surface area contributed by atoms with Gasteiger partial charge in [0.25, 0.3) is 0 Å². The van der Waals surface area contributed by atoms with Crippen molar-refractivity contribution in [3.8, 4) is 0 Å². The van der Waals surface area contributed by atoms with E-state index in [4.69, 9.17) is 15.2 Å². The molecule has 0 aromatic carbocycles. The highest BCUT2D eigenvalue weighted by Gasteiger charge is 2.20. The van der Waals surface area contributed by atoms with E-state index in [1.807, 2.05) is 0 Å². The molecule has 0 aliphatic rings. The summed E-state index contributed by atoms with van der Waals surface area (Å²) in [6, 6.07) is -0.537. The Morgan fingerprint density at radius 2 is 1.55 bits per heavy atom. The summed E-state index contributed by atoms with van der Waals surface area (Å²) in [5, 5.41) is 0. The molecular weight excluding hydrogens is 306 g/mol. The number of ether oxygens (including phenoxy) is 2. The maximum atomic E-state index is 11.7. The Bertz CT molecular complexity index is 384. The molecule has 0 heterocycles. The molecule has 0 aromatic heterocycles. The van der Waals surface area contributed by atoms with Crippen LogP contribution in [0.5, 0.6) is 0 Å². The van der Waals surface area contributed by atoms with Gasteiger partial charge in [-0.3, -0.25) is 14.4 Å². The van der Waals surface area contributed by atoms with Crippen LogP contribution < -0.4 is 5.73 Å². The van der Waals surface area contributed by atoms with Crippen molar-refractivity contribution in [2.24, 2.45) is 17.6 Å². The molecule has 0 saturated heterocycles. The standard InChI is InChI=1S/C15H27NO5S/c1-9(2)14(18)20-6-12(21-15(19)10(3)4)7-22-8-13(16)11(5)17/h9-10,12-13H,6-8,16H2,1-5H3. The van der Waals surface area contributed by atoms with Crippen molar-refractivity contribution in [3.63, 3.8) is 0 Å². The normalized spacial score (nSPS) is 13.8. The maximum Gasteiger partial charge on any atom is 0.308 e. The van der Waals surface area contributed by atoms with E-state index in [0.717, 1.165) is 0 Å². The Kier molecular flexibility index (Phi) is 10.1. The first-order chi connectivity index (χ1) is 10.1. The van der Waals surface area contributed by atoms with E-state index in [1.165, 1.54) is 18.7 Å². The van der Waals surface area contributed by atoms with Crippen LogP contribution in [0, 0.1) is 11.8 Å². The SMILES string of the molecule is CC(=O)C(N)CSCC(COC(=O)C(C)C)OC(=O)C(C)C. The van der Waals surface area contributed by atoms with E-state index in [2.05, 4.69) is 0 Å². The van der Waals surface area contributed by atoms with Crippen molar-refractivity contribution >= 4 is 29.5 Å². The molecule has 0 aliphatic carbocycles. The smallest absolute Gasteiger partial charge is 0.308 e. The van der Waals surface area contributed by atoms with Gasteiger partial charge in [0.2, 0.25) is 0 Å².